The number of nitrogens with one attached hydrogen (secondary N) is 1. The highest BCUT2D eigenvalue weighted by Crippen LogP contribution is 2.50. The van der Waals surface area contributed by atoms with Gasteiger partial charge in [-0.2, -0.15) is 9.97 Å². The molecule has 294 valence electrons. The number of nitrogen functional groups attached to an aromatic ring is 2. The molecule has 0 aliphatic carbocycles. The predicted molar refractivity (Wildman–Crippen MR) is 186 cm³/mol. The number of ether oxygens (including phenoxy) is 4. The Kier molecular flexibility index (Phi) is 10.7. The van der Waals surface area contributed by atoms with Crippen molar-refractivity contribution in [3.8, 4) is 0 Å². The second-order valence-corrected chi connectivity index (χ2v) is 13.7. The van der Waals surface area contributed by atoms with Gasteiger partial charge in [-0.1, -0.05) is 36.4 Å². The fourth-order valence-corrected chi connectivity index (χ4v) is 7.04. The minimum atomic E-state index is -5.30. The van der Waals surface area contributed by atoms with Crippen LogP contribution in [0.4, 0.5) is 11.9 Å². The lowest BCUT2D eigenvalue weighted by atomic mass is 10.1. The molecule has 56 heavy (non-hydrogen) atoms. The lowest BCUT2D eigenvalue weighted by Gasteiger charge is -2.26. The average Bonchev–Trinajstić information content (AvgIpc) is 3.84. The normalized spacial score (nSPS) is 25.8. The number of esters is 2. The summed E-state index contributed by atoms with van der Waals surface area (Å²) in [5, 5.41) is 21.6. The van der Waals surface area contributed by atoms with E-state index in [1.54, 1.807) is 36.4 Å². The number of aliphatic hydroxyl groups excluding tert-OH is 2. The van der Waals surface area contributed by atoms with Crippen LogP contribution in [0.5, 0.6) is 0 Å². The van der Waals surface area contributed by atoms with Crippen molar-refractivity contribution >= 4 is 42.8 Å². The Balaban J connectivity index is 1.14. The minimum Gasteiger partial charge on any atom is -0.451 e. The molecule has 0 spiro atoms. The van der Waals surface area contributed by atoms with Gasteiger partial charge in [0.2, 0.25) is 11.9 Å². The van der Waals surface area contributed by atoms with E-state index >= 15 is 0 Å². The molecule has 0 saturated carbocycles. The third-order valence-electron chi connectivity index (χ3n) is 8.68. The largest absolute Gasteiger partial charge is 0.472 e. The van der Waals surface area contributed by atoms with Crippen molar-refractivity contribution in [2.75, 3.05) is 24.7 Å². The zero-order valence-corrected chi connectivity index (χ0v) is 29.5. The van der Waals surface area contributed by atoms with E-state index in [9.17, 15) is 38.8 Å². The van der Waals surface area contributed by atoms with Crippen molar-refractivity contribution in [3.05, 3.63) is 105 Å². The topological polar surface area (TPSA) is 331 Å². The van der Waals surface area contributed by atoms with Crippen LogP contribution in [0.25, 0.3) is 11.2 Å². The fourth-order valence-electron chi connectivity index (χ4n) is 6.08. The summed E-state index contributed by atoms with van der Waals surface area (Å²) >= 11 is 0. The van der Waals surface area contributed by atoms with Crippen molar-refractivity contribution in [1.82, 2.24) is 34.1 Å². The molecule has 24 heteroatoms. The van der Waals surface area contributed by atoms with Crippen molar-refractivity contribution < 1.29 is 57.3 Å². The van der Waals surface area contributed by atoms with Gasteiger partial charge in [0.1, 0.15) is 30.7 Å². The molecule has 5 unspecified atom stereocenters. The smallest absolute Gasteiger partial charge is 0.451 e. The molecule has 23 nitrogen and oxygen atoms in total. The van der Waals surface area contributed by atoms with E-state index in [2.05, 4.69) is 24.9 Å². The molecule has 2 saturated heterocycles. The van der Waals surface area contributed by atoms with E-state index in [4.69, 9.17) is 39.5 Å². The number of fused-ring (bicyclic) bond motifs is 1. The standard InChI is InChI=1S/C32H32N9O14P/c33-30-36-14-41(32(47)39-30)27-23(54-29(46)16-9-5-2-6-10-16)21(17(11-42)51-27)55-56(48,49)50-12-18-20(43)22(53-28(45)15-7-3-1-4-8-15)26(52-18)40-13-35-19-24(40)37-31(34)38-25(19)44/h1-10,13-14,17-18,20-23,26-27,42-43H,11-12H2,(H,48,49)(H2,33,39,47)(H3,34,37,38,44)/t17-,18-,20?,21?,22?,23?,26-,27-/m1/s1. The summed E-state index contributed by atoms with van der Waals surface area (Å²) < 4.78 is 49.2. The number of phosphoric acid groups is 1. The summed E-state index contributed by atoms with van der Waals surface area (Å²) in [4.78, 5) is 80.3. The maximum Gasteiger partial charge on any atom is 0.472 e. The Hall–Kier alpha value is -5.91. The van der Waals surface area contributed by atoms with Gasteiger partial charge in [-0.25, -0.2) is 28.9 Å². The summed E-state index contributed by atoms with van der Waals surface area (Å²) in [6.07, 6.45) is -10.7. The Morgan fingerprint density at radius 2 is 1.43 bits per heavy atom. The molecule has 2 aliphatic rings. The molecule has 8 N–H and O–H groups in total. The van der Waals surface area contributed by atoms with Gasteiger partial charge < -0.3 is 45.5 Å². The summed E-state index contributed by atoms with van der Waals surface area (Å²) in [5.41, 5.74) is 9.48. The third kappa shape index (κ3) is 7.78. The number of hydrogen-bond acceptors (Lipinski definition) is 19. The highest BCUT2D eigenvalue weighted by molar-refractivity contribution is 7.47. The number of benzene rings is 2. The van der Waals surface area contributed by atoms with Crippen LogP contribution in [-0.4, -0.2) is 111 Å². The van der Waals surface area contributed by atoms with Gasteiger partial charge in [-0.15, -0.1) is 0 Å². The zero-order valence-electron chi connectivity index (χ0n) is 28.6. The minimum absolute atomic E-state index is 0.0550. The number of aliphatic hydroxyl groups is 2. The first-order chi connectivity index (χ1) is 26.8. The Morgan fingerprint density at radius 1 is 0.839 bits per heavy atom. The summed E-state index contributed by atoms with van der Waals surface area (Å²) in [6, 6.07) is 15.4. The number of aromatic nitrogens is 7. The van der Waals surface area contributed by atoms with Gasteiger partial charge in [0.25, 0.3) is 5.56 Å². The molecule has 0 amide bonds. The van der Waals surface area contributed by atoms with Crippen molar-refractivity contribution in [2.24, 2.45) is 0 Å². The second-order valence-electron chi connectivity index (χ2n) is 12.3. The molecule has 2 aliphatic heterocycles. The molecule has 5 aromatic rings. The zero-order chi connectivity index (χ0) is 39.7. The molecular formula is C32H32N9O14P. The highest BCUT2D eigenvalue weighted by atomic mass is 31.2. The van der Waals surface area contributed by atoms with Crippen molar-refractivity contribution in [3.63, 3.8) is 0 Å². The summed E-state index contributed by atoms with van der Waals surface area (Å²) in [7, 11) is -5.30. The van der Waals surface area contributed by atoms with Crippen LogP contribution in [0.3, 0.4) is 0 Å². The molecule has 0 radical (unpaired) electrons. The first-order valence-corrected chi connectivity index (χ1v) is 18.0. The highest BCUT2D eigenvalue weighted by Gasteiger charge is 2.53. The van der Waals surface area contributed by atoms with E-state index in [1.165, 1.54) is 28.8 Å². The van der Waals surface area contributed by atoms with E-state index in [0.29, 0.717) is 0 Å². The van der Waals surface area contributed by atoms with Gasteiger partial charge in [0.15, 0.2) is 35.8 Å². The molecule has 9 atom stereocenters. The number of carbonyl (C=O) groups excluding carboxylic acids is 2. The first-order valence-electron chi connectivity index (χ1n) is 16.5. The number of phosphoric ester groups is 1. The molecule has 0 bridgehead atoms. The van der Waals surface area contributed by atoms with Gasteiger partial charge in [0.05, 0.1) is 30.7 Å². The maximum atomic E-state index is 13.6. The Bertz CT molecular complexity index is 2400. The lowest BCUT2D eigenvalue weighted by Crippen LogP contribution is -2.41. The number of anilines is 2. The molecule has 7 rings (SSSR count). The Labute approximate surface area is 313 Å². The van der Waals surface area contributed by atoms with Gasteiger partial charge in [0, 0.05) is 0 Å². The SMILES string of the molecule is Nc1ncn([C@@H]2O[C@H](CO)C(OP(=O)(O)OC[C@H]3O[C@@H](n4cnc5c(=O)[nH]c(N)nc54)C(OC(=O)c4ccccc4)C3O)C2OC(=O)c2ccccc2)c(=O)n1. The van der Waals surface area contributed by atoms with Crippen molar-refractivity contribution in [2.45, 2.75) is 49.1 Å². The van der Waals surface area contributed by atoms with Crippen LogP contribution in [0, 0.1) is 0 Å². The molecular weight excluding hydrogens is 765 g/mol. The van der Waals surface area contributed by atoms with E-state index in [1.807, 2.05) is 0 Å². The quantitative estimate of drug-likeness (QED) is 0.0654. The van der Waals surface area contributed by atoms with Crippen LogP contribution in [-0.2, 0) is 32.6 Å². The third-order valence-corrected chi connectivity index (χ3v) is 9.67. The lowest BCUT2D eigenvalue weighted by molar-refractivity contribution is -0.0617. The maximum absolute atomic E-state index is 13.6. The molecule has 2 fully saturated rings. The van der Waals surface area contributed by atoms with E-state index in [-0.39, 0.29) is 34.2 Å². The number of H-pyrrole nitrogens is 1. The van der Waals surface area contributed by atoms with E-state index < -0.39 is 93.3 Å². The number of aromatic amines is 1. The number of carbonyl (C=O) groups is 2. The molecule has 3 aromatic heterocycles. The molecule has 2 aromatic carbocycles. The van der Waals surface area contributed by atoms with Gasteiger partial charge in [-0.05, 0) is 24.3 Å². The average molecular weight is 798 g/mol. The predicted octanol–water partition coefficient (Wildman–Crippen LogP) is -0.963. The van der Waals surface area contributed by atoms with Crippen molar-refractivity contribution in [1.29, 1.82) is 0 Å². The van der Waals surface area contributed by atoms with Crippen LogP contribution >= 0.6 is 7.82 Å². The molecule has 5 heterocycles. The summed E-state index contributed by atoms with van der Waals surface area (Å²) in [5.74, 6) is -2.49. The van der Waals surface area contributed by atoms with Crippen LogP contribution in [0.1, 0.15) is 33.2 Å². The van der Waals surface area contributed by atoms with Gasteiger partial charge in [-0.3, -0.25) is 28.0 Å². The Morgan fingerprint density at radius 3 is 2.05 bits per heavy atom. The van der Waals surface area contributed by atoms with Gasteiger partial charge >= 0.3 is 25.5 Å². The number of hydrogen-bond donors (Lipinski definition) is 6. The fraction of sp³-hybridized carbons (Fsp3) is 0.312. The first kappa shape index (κ1) is 38.4. The monoisotopic (exact) mass is 797 g/mol. The number of imidazole rings is 1. The number of nitrogens with zero attached hydrogens (tertiary/aromatic N) is 6. The van der Waals surface area contributed by atoms with Crippen LogP contribution in [0.15, 0.2) is 82.9 Å². The summed E-state index contributed by atoms with van der Waals surface area (Å²) in [6.45, 7) is -1.76. The van der Waals surface area contributed by atoms with Crippen LogP contribution < -0.4 is 22.7 Å². The number of rotatable bonds is 12. The second kappa shape index (κ2) is 15.7. The number of nitrogens with two attached hydrogens (primary N) is 2. The van der Waals surface area contributed by atoms with E-state index in [0.717, 1.165) is 17.2 Å². The van der Waals surface area contributed by atoms with Crippen LogP contribution in [0.2, 0.25) is 0 Å².